The van der Waals surface area contributed by atoms with E-state index in [0.717, 1.165) is 31.4 Å². The van der Waals surface area contributed by atoms with Gasteiger partial charge in [0.05, 0.1) is 6.61 Å². The van der Waals surface area contributed by atoms with Crippen LogP contribution in [0, 0.1) is 0 Å². The van der Waals surface area contributed by atoms with E-state index in [-0.39, 0.29) is 0 Å². The first-order valence-electron chi connectivity index (χ1n) is 7.48. The number of benzene rings is 1. The van der Waals surface area contributed by atoms with Crippen LogP contribution in [0.1, 0.15) is 45.6 Å². The Kier molecular flexibility index (Phi) is 8.02. The first-order valence-corrected chi connectivity index (χ1v) is 7.48. The van der Waals surface area contributed by atoms with Crippen LogP contribution < -0.4 is 0 Å². The second-order valence-corrected chi connectivity index (χ2v) is 4.84. The number of ether oxygens (including phenoxy) is 1. The monoisotopic (exact) mass is 288 g/mol. The molecule has 0 spiro atoms. The first kappa shape index (κ1) is 17.1. The molecule has 0 amide bonds. The van der Waals surface area contributed by atoms with Crippen LogP contribution in [-0.4, -0.2) is 24.0 Å². The summed E-state index contributed by atoms with van der Waals surface area (Å²) in [5.41, 5.74) is 2.49. The van der Waals surface area contributed by atoms with Crippen LogP contribution in [0.15, 0.2) is 40.5 Å². The number of hydrogen-bond donors (Lipinski definition) is 0. The molecular formula is C17H24N2O2. The van der Waals surface area contributed by atoms with Gasteiger partial charge < -0.3 is 4.74 Å². The highest BCUT2D eigenvalue weighted by Crippen LogP contribution is 2.07. The van der Waals surface area contributed by atoms with E-state index in [9.17, 15) is 4.79 Å². The molecule has 0 aliphatic carbocycles. The zero-order valence-electron chi connectivity index (χ0n) is 13.1. The van der Waals surface area contributed by atoms with Gasteiger partial charge in [-0.05, 0) is 32.3 Å². The topological polar surface area (TPSA) is 51.0 Å². The SMILES string of the molecule is CCCC/C(Cc1ccccc1)=N\N=C(/C)C(=O)OCC. The number of esters is 1. The highest BCUT2D eigenvalue weighted by molar-refractivity contribution is 6.35. The molecule has 0 saturated heterocycles. The number of hydrogen-bond acceptors (Lipinski definition) is 4. The predicted molar refractivity (Wildman–Crippen MR) is 86.8 cm³/mol. The lowest BCUT2D eigenvalue weighted by Crippen LogP contribution is -2.14. The number of carbonyl (C=O) groups excluding carboxylic acids is 1. The quantitative estimate of drug-likeness (QED) is 0.415. The highest BCUT2D eigenvalue weighted by atomic mass is 16.5. The zero-order chi connectivity index (χ0) is 15.5. The van der Waals surface area contributed by atoms with Crippen LogP contribution in [0.25, 0.3) is 0 Å². The number of nitrogens with zero attached hydrogens (tertiary/aromatic N) is 2. The molecule has 0 N–H and O–H groups in total. The standard InChI is InChI=1S/C17H24N2O2/c1-4-6-12-16(13-15-10-8-7-9-11-15)19-18-14(3)17(20)21-5-2/h7-11H,4-6,12-13H2,1-3H3/b18-14+,19-16+. The van der Waals surface area contributed by atoms with Crippen molar-refractivity contribution in [3.8, 4) is 0 Å². The molecule has 1 aromatic carbocycles. The summed E-state index contributed by atoms with van der Waals surface area (Å²) in [6, 6.07) is 10.2. The van der Waals surface area contributed by atoms with Crippen LogP contribution in [0.2, 0.25) is 0 Å². The minimum atomic E-state index is -0.407. The maximum Gasteiger partial charge on any atom is 0.354 e. The zero-order valence-corrected chi connectivity index (χ0v) is 13.1. The minimum Gasteiger partial charge on any atom is -0.461 e. The van der Waals surface area contributed by atoms with Crippen molar-refractivity contribution in [1.29, 1.82) is 0 Å². The third-order valence-electron chi connectivity index (χ3n) is 2.98. The van der Waals surface area contributed by atoms with E-state index in [0.29, 0.717) is 12.3 Å². The second-order valence-electron chi connectivity index (χ2n) is 4.84. The molecule has 0 aromatic heterocycles. The Balaban J connectivity index is 2.78. The predicted octanol–water partition coefficient (Wildman–Crippen LogP) is 3.80. The molecule has 0 fully saturated rings. The lowest BCUT2D eigenvalue weighted by atomic mass is 10.0. The Morgan fingerprint density at radius 2 is 1.86 bits per heavy atom. The first-order chi connectivity index (χ1) is 10.2. The lowest BCUT2D eigenvalue weighted by Gasteiger charge is -2.05. The molecular weight excluding hydrogens is 264 g/mol. The van der Waals surface area contributed by atoms with Gasteiger partial charge >= 0.3 is 5.97 Å². The molecule has 1 aromatic rings. The van der Waals surface area contributed by atoms with E-state index in [1.165, 1.54) is 5.56 Å². The van der Waals surface area contributed by atoms with Gasteiger partial charge in [0.2, 0.25) is 0 Å². The average molecular weight is 288 g/mol. The van der Waals surface area contributed by atoms with E-state index in [2.05, 4.69) is 29.3 Å². The Labute approximate surface area is 126 Å². The molecule has 0 aliphatic rings. The summed E-state index contributed by atoms with van der Waals surface area (Å²) in [6.07, 6.45) is 3.83. The molecule has 0 heterocycles. The fourth-order valence-corrected chi connectivity index (χ4v) is 1.81. The van der Waals surface area contributed by atoms with Crippen molar-refractivity contribution < 1.29 is 9.53 Å². The van der Waals surface area contributed by atoms with Crippen LogP contribution in [0.4, 0.5) is 0 Å². The normalized spacial score (nSPS) is 12.3. The summed E-state index contributed by atoms with van der Waals surface area (Å²) < 4.78 is 4.90. The molecule has 4 heteroatoms. The maximum absolute atomic E-state index is 11.5. The second kappa shape index (κ2) is 9.86. The molecule has 21 heavy (non-hydrogen) atoms. The van der Waals surface area contributed by atoms with E-state index < -0.39 is 5.97 Å². The van der Waals surface area contributed by atoms with E-state index in [1.807, 2.05) is 18.2 Å². The van der Waals surface area contributed by atoms with Crippen LogP contribution in [0.5, 0.6) is 0 Å². The molecule has 0 unspecified atom stereocenters. The average Bonchev–Trinajstić information content (AvgIpc) is 2.50. The third kappa shape index (κ3) is 6.84. The maximum atomic E-state index is 11.5. The fraction of sp³-hybridized carbons (Fsp3) is 0.471. The van der Waals surface area contributed by atoms with Crippen molar-refractivity contribution in [2.45, 2.75) is 46.5 Å². The number of unbranched alkanes of at least 4 members (excludes halogenated alkanes) is 1. The van der Waals surface area contributed by atoms with Gasteiger partial charge in [-0.15, -0.1) is 5.10 Å². The van der Waals surface area contributed by atoms with Crippen molar-refractivity contribution in [1.82, 2.24) is 0 Å². The molecule has 114 valence electrons. The Bertz CT molecular complexity index is 493. The van der Waals surface area contributed by atoms with Gasteiger partial charge in [0.25, 0.3) is 0 Å². The number of rotatable bonds is 8. The third-order valence-corrected chi connectivity index (χ3v) is 2.98. The van der Waals surface area contributed by atoms with Crippen LogP contribution >= 0.6 is 0 Å². The van der Waals surface area contributed by atoms with Crippen molar-refractivity contribution in [3.05, 3.63) is 35.9 Å². The lowest BCUT2D eigenvalue weighted by molar-refractivity contribution is -0.135. The van der Waals surface area contributed by atoms with Crippen molar-refractivity contribution in [2.24, 2.45) is 10.2 Å². The number of carbonyl (C=O) groups is 1. The van der Waals surface area contributed by atoms with Gasteiger partial charge in [0, 0.05) is 12.1 Å². The van der Waals surface area contributed by atoms with Gasteiger partial charge in [-0.1, -0.05) is 43.7 Å². The molecule has 0 bridgehead atoms. The molecule has 4 nitrogen and oxygen atoms in total. The molecule has 1 rings (SSSR count). The summed E-state index contributed by atoms with van der Waals surface area (Å²) in [6.45, 7) is 5.90. The van der Waals surface area contributed by atoms with Crippen molar-refractivity contribution in [2.75, 3.05) is 6.61 Å². The van der Waals surface area contributed by atoms with Crippen molar-refractivity contribution in [3.63, 3.8) is 0 Å². The molecule has 0 aliphatic heterocycles. The van der Waals surface area contributed by atoms with Gasteiger partial charge in [-0.3, -0.25) is 0 Å². The fourth-order valence-electron chi connectivity index (χ4n) is 1.81. The van der Waals surface area contributed by atoms with Crippen molar-refractivity contribution >= 4 is 17.4 Å². The van der Waals surface area contributed by atoms with Gasteiger partial charge in [0.1, 0.15) is 5.71 Å². The van der Waals surface area contributed by atoms with E-state index in [1.54, 1.807) is 13.8 Å². The summed E-state index contributed by atoms with van der Waals surface area (Å²) in [4.78, 5) is 11.5. The Hall–Kier alpha value is -1.97. The Morgan fingerprint density at radius 3 is 2.48 bits per heavy atom. The minimum absolute atomic E-state index is 0.291. The van der Waals surface area contributed by atoms with E-state index in [4.69, 9.17) is 4.74 Å². The van der Waals surface area contributed by atoms with Gasteiger partial charge in [0.15, 0.2) is 0 Å². The van der Waals surface area contributed by atoms with E-state index >= 15 is 0 Å². The van der Waals surface area contributed by atoms with Gasteiger partial charge in [-0.25, -0.2) is 4.79 Å². The largest absolute Gasteiger partial charge is 0.461 e. The molecule has 0 saturated carbocycles. The summed E-state index contributed by atoms with van der Waals surface area (Å²) in [5.74, 6) is -0.407. The Morgan fingerprint density at radius 1 is 1.14 bits per heavy atom. The summed E-state index contributed by atoms with van der Waals surface area (Å²) >= 11 is 0. The molecule has 0 radical (unpaired) electrons. The summed E-state index contributed by atoms with van der Waals surface area (Å²) in [7, 11) is 0. The van der Waals surface area contributed by atoms with Crippen LogP contribution in [-0.2, 0) is 16.0 Å². The smallest absolute Gasteiger partial charge is 0.354 e. The van der Waals surface area contributed by atoms with Crippen LogP contribution in [0.3, 0.4) is 0 Å². The summed E-state index contributed by atoms with van der Waals surface area (Å²) in [5, 5.41) is 8.29. The molecule has 0 atom stereocenters. The van der Waals surface area contributed by atoms with Gasteiger partial charge in [-0.2, -0.15) is 5.10 Å². The highest BCUT2D eigenvalue weighted by Gasteiger charge is 2.07.